The summed E-state index contributed by atoms with van der Waals surface area (Å²) in [4.78, 5) is 32.9. The highest BCUT2D eigenvalue weighted by atomic mass is 16.5. The van der Waals surface area contributed by atoms with Gasteiger partial charge >= 0.3 is 5.97 Å². The summed E-state index contributed by atoms with van der Waals surface area (Å²) in [7, 11) is 0. The van der Waals surface area contributed by atoms with Crippen molar-refractivity contribution in [2.75, 3.05) is 10.6 Å². The Hall–Kier alpha value is -2.37. The van der Waals surface area contributed by atoms with E-state index < -0.39 is 5.97 Å². The molecule has 6 nitrogen and oxygen atoms in total. The number of carbonyl (C=O) groups is 3. The van der Waals surface area contributed by atoms with Crippen LogP contribution >= 0.6 is 0 Å². The number of carbonyl (C=O) groups excluding carboxylic acids is 3. The first-order valence-electron chi connectivity index (χ1n) is 5.26. The van der Waals surface area contributed by atoms with Crippen LogP contribution in [0, 0.1) is 0 Å². The number of ether oxygens (including phenoxy) is 1. The summed E-state index contributed by atoms with van der Waals surface area (Å²) in [6.45, 7) is 3.97. The Morgan fingerprint density at radius 2 is 1.61 bits per heavy atom. The molecule has 0 aliphatic rings. The van der Waals surface area contributed by atoms with Gasteiger partial charge in [0.2, 0.25) is 11.8 Å². The predicted molar refractivity (Wildman–Crippen MR) is 66.4 cm³/mol. The van der Waals surface area contributed by atoms with Crippen molar-refractivity contribution in [2.45, 2.75) is 20.8 Å². The van der Waals surface area contributed by atoms with Crippen molar-refractivity contribution in [3.8, 4) is 5.75 Å². The molecule has 0 fully saturated rings. The van der Waals surface area contributed by atoms with Gasteiger partial charge in [-0.05, 0) is 18.2 Å². The van der Waals surface area contributed by atoms with Crippen LogP contribution < -0.4 is 15.4 Å². The lowest BCUT2D eigenvalue weighted by molar-refractivity contribution is -0.132. The van der Waals surface area contributed by atoms with Crippen LogP contribution in [0.4, 0.5) is 11.4 Å². The van der Waals surface area contributed by atoms with Crippen molar-refractivity contribution in [1.29, 1.82) is 0 Å². The largest absolute Gasteiger partial charge is 0.424 e. The molecule has 0 atom stereocenters. The van der Waals surface area contributed by atoms with Gasteiger partial charge in [0, 0.05) is 26.5 Å². The van der Waals surface area contributed by atoms with Gasteiger partial charge in [-0.1, -0.05) is 0 Å². The molecule has 1 aromatic carbocycles. The zero-order valence-electron chi connectivity index (χ0n) is 10.4. The van der Waals surface area contributed by atoms with E-state index in [0.717, 1.165) is 0 Å². The van der Waals surface area contributed by atoms with E-state index in [1.807, 2.05) is 0 Å². The summed E-state index contributed by atoms with van der Waals surface area (Å²) >= 11 is 0. The first-order chi connectivity index (χ1) is 8.38. The Morgan fingerprint density at radius 3 is 2.11 bits per heavy atom. The van der Waals surface area contributed by atoms with Crippen LogP contribution in [0.3, 0.4) is 0 Å². The number of amides is 2. The van der Waals surface area contributed by atoms with Crippen molar-refractivity contribution in [3.05, 3.63) is 18.2 Å². The van der Waals surface area contributed by atoms with E-state index in [9.17, 15) is 14.4 Å². The van der Waals surface area contributed by atoms with Gasteiger partial charge in [-0.2, -0.15) is 0 Å². The highest BCUT2D eigenvalue weighted by Crippen LogP contribution is 2.28. The quantitative estimate of drug-likeness (QED) is 0.629. The number of nitrogens with one attached hydrogen (secondary N) is 2. The van der Waals surface area contributed by atoms with E-state index in [4.69, 9.17) is 4.74 Å². The molecule has 0 radical (unpaired) electrons. The van der Waals surface area contributed by atoms with Crippen LogP contribution in [0.25, 0.3) is 0 Å². The van der Waals surface area contributed by atoms with Gasteiger partial charge in [-0.15, -0.1) is 0 Å². The Morgan fingerprint density at radius 1 is 1.00 bits per heavy atom. The average molecular weight is 250 g/mol. The van der Waals surface area contributed by atoms with E-state index in [1.165, 1.54) is 32.9 Å². The molecule has 96 valence electrons. The molecule has 0 heterocycles. The summed E-state index contributed by atoms with van der Waals surface area (Å²) in [5.74, 6) is -0.798. The van der Waals surface area contributed by atoms with Crippen molar-refractivity contribution in [2.24, 2.45) is 0 Å². The fraction of sp³-hybridized carbons (Fsp3) is 0.250. The fourth-order valence-corrected chi connectivity index (χ4v) is 1.34. The number of rotatable bonds is 3. The third-order valence-corrected chi connectivity index (χ3v) is 1.86. The summed E-state index contributed by atoms with van der Waals surface area (Å²) in [5, 5.41) is 5.09. The van der Waals surface area contributed by atoms with Crippen molar-refractivity contribution in [1.82, 2.24) is 0 Å². The van der Waals surface area contributed by atoms with Gasteiger partial charge in [0.15, 0.2) is 5.75 Å². The van der Waals surface area contributed by atoms with E-state index in [1.54, 1.807) is 6.07 Å². The molecule has 0 aromatic heterocycles. The second kappa shape index (κ2) is 5.81. The fourth-order valence-electron chi connectivity index (χ4n) is 1.34. The van der Waals surface area contributed by atoms with Crippen molar-refractivity contribution in [3.63, 3.8) is 0 Å². The molecule has 0 bridgehead atoms. The predicted octanol–water partition coefficient (Wildman–Crippen LogP) is 1.53. The van der Waals surface area contributed by atoms with Crippen LogP contribution in [0.15, 0.2) is 18.2 Å². The molecule has 6 heteroatoms. The zero-order valence-corrected chi connectivity index (χ0v) is 10.4. The topological polar surface area (TPSA) is 84.5 Å². The SMILES string of the molecule is CC(=O)Nc1ccc(OC(C)=O)c(NC(C)=O)c1. The van der Waals surface area contributed by atoms with E-state index in [2.05, 4.69) is 10.6 Å². The number of hydrogen-bond acceptors (Lipinski definition) is 4. The molecule has 2 amide bonds. The summed E-state index contributed by atoms with van der Waals surface area (Å²) in [6.07, 6.45) is 0. The lowest BCUT2D eigenvalue weighted by Crippen LogP contribution is -2.11. The molecule has 0 spiro atoms. The minimum absolute atomic E-state index is 0.229. The van der Waals surface area contributed by atoms with Crippen LogP contribution in [0.2, 0.25) is 0 Å². The molecular weight excluding hydrogens is 236 g/mol. The number of hydrogen-bond donors (Lipinski definition) is 2. The van der Waals surface area contributed by atoms with Gasteiger partial charge in [0.05, 0.1) is 5.69 Å². The van der Waals surface area contributed by atoms with Gasteiger partial charge < -0.3 is 15.4 Å². The number of esters is 1. The molecule has 18 heavy (non-hydrogen) atoms. The maximum absolute atomic E-state index is 11.0. The highest BCUT2D eigenvalue weighted by Gasteiger charge is 2.09. The average Bonchev–Trinajstić information content (AvgIpc) is 2.19. The Balaban J connectivity index is 3.06. The molecule has 0 aliphatic carbocycles. The maximum atomic E-state index is 11.0. The molecule has 1 rings (SSSR count). The number of benzene rings is 1. The van der Waals surface area contributed by atoms with Crippen molar-refractivity contribution < 1.29 is 19.1 Å². The van der Waals surface area contributed by atoms with Gasteiger partial charge in [0.1, 0.15) is 0 Å². The van der Waals surface area contributed by atoms with Crippen LogP contribution in [0.1, 0.15) is 20.8 Å². The molecule has 0 saturated heterocycles. The van der Waals surface area contributed by atoms with Crippen LogP contribution in [-0.4, -0.2) is 17.8 Å². The van der Waals surface area contributed by atoms with Crippen LogP contribution in [0.5, 0.6) is 5.75 Å². The minimum atomic E-state index is -0.492. The third kappa shape index (κ3) is 4.25. The second-order valence-corrected chi connectivity index (χ2v) is 3.67. The maximum Gasteiger partial charge on any atom is 0.308 e. The molecular formula is C12H14N2O4. The van der Waals surface area contributed by atoms with Gasteiger partial charge in [0.25, 0.3) is 0 Å². The Kier molecular flexibility index (Phi) is 4.42. The molecule has 0 saturated carbocycles. The monoisotopic (exact) mass is 250 g/mol. The Labute approximate surface area is 104 Å². The summed E-state index contributed by atoms with van der Waals surface area (Å²) in [6, 6.07) is 4.59. The normalized spacial score (nSPS) is 9.50. The molecule has 0 unspecified atom stereocenters. The lowest BCUT2D eigenvalue weighted by Gasteiger charge is -2.11. The van der Waals surface area contributed by atoms with E-state index in [-0.39, 0.29) is 17.6 Å². The first kappa shape index (κ1) is 13.7. The van der Waals surface area contributed by atoms with Crippen molar-refractivity contribution >= 4 is 29.2 Å². The molecule has 0 aliphatic heterocycles. The molecule has 1 aromatic rings. The van der Waals surface area contributed by atoms with Gasteiger partial charge in [-0.3, -0.25) is 14.4 Å². The molecule has 2 N–H and O–H groups in total. The summed E-state index contributed by atoms with van der Waals surface area (Å²) < 4.78 is 4.94. The van der Waals surface area contributed by atoms with Crippen LogP contribution in [-0.2, 0) is 14.4 Å². The smallest absolute Gasteiger partial charge is 0.308 e. The zero-order chi connectivity index (χ0) is 13.7. The third-order valence-electron chi connectivity index (χ3n) is 1.86. The number of anilines is 2. The van der Waals surface area contributed by atoms with E-state index in [0.29, 0.717) is 11.4 Å². The van der Waals surface area contributed by atoms with Gasteiger partial charge in [-0.25, -0.2) is 0 Å². The lowest BCUT2D eigenvalue weighted by atomic mass is 10.2. The Bertz CT molecular complexity index is 497. The van der Waals surface area contributed by atoms with E-state index >= 15 is 0 Å². The summed E-state index contributed by atoms with van der Waals surface area (Å²) in [5.41, 5.74) is 0.825. The minimum Gasteiger partial charge on any atom is -0.424 e. The highest BCUT2D eigenvalue weighted by molar-refractivity contribution is 5.94. The standard InChI is InChI=1S/C12H14N2O4/c1-7(15)13-10-4-5-12(18-9(3)17)11(6-10)14-8(2)16/h4-6H,1-3H3,(H,13,15)(H,14,16). The second-order valence-electron chi connectivity index (χ2n) is 3.67. The first-order valence-corrected chi connectivity index (χ1v) is 5.26.